The van der Waals surface area contributed by atoms with Crippen molar-refractivity contribution in [2.75, 3.05) is 13.7 Å². The van der Waals surface area contributed by atoms with E-state index in [0.717, 1.165) is 31.8 Å². The summed E-state index contributed by atoms with van der Waals surface area (Å²) in [5, 5.41) is 3.42. The fraction of sp³-hybridized carbons (Fsp3) is 0.471. The number of nitrogens with one attached hydrogen (secondary N) is 1. The van der Waals surface area contributed by atoms with Gasteiger partial charge in [-0.15, -0.1) is 0 Å². The summed E-state index contributed by atoms with van der Waals surface area (Å²) < 4.78 is 8.27. The van der Waals surface area contributed by atoms with E-state index >= 15 is 0 Å². The molecular weight excluding hydrogens is 262 g/mol. The van der Waals surface area contributed by atoms with Crippen LogP contribution in [0.15, 0.2) is 36.7 Å². The molecule has 0 fully saturated rings. The van der Waals surface area contributed by atoms with Crippen LogP contribution in [0.5, 0.6) is 0 Å². The molecule has 2 unspecified atom stereocenters. The molecule has 0 saturated heterocycles. The number of aryl methyl sites for hydroxylation is 1. The average molecular weight is 285 g/mol. The first-order chi connectivity index (χ1) is 10.3. The molecule has 2 atom stereocenters. The summed E-state index contributed by atoms with van der Waals surface area (Å²) in [5.41, 5.74) is 2.73. The van der Waals surface area contributed by atoms with Gasteiger partial charge in [0.1, 0.15) is 5.82 Å². The Bertz CT molecular complexity index is 593. The third-order valence-corrected chi connectivity index (χ3v) is 4.31. The molecule has 4 heteroatoms. The van der Waals surface area contributed by atoms with Crippen molar-refractivity contribution in [1.82, 2.24) is 14.9 Å². The molecular formula is C17H23N3O. The van der Waals surface area contributed by atoms with E-state index in [0.29, 0.717) is 0 Å². The van der Waals surface area contributed by atoms with E-state index < -0.39 is 0 Å². The van der Waals surface area contributed by atoms with E-state index in [-0.39, 0.29) is 12.1 Å². The monoisotopic (exact) mass is 285 g/mol. The Balaban J connectivity index is 1.84. The van der Waals surface area contributed by atoms with Gasteiger partial charge in [0.2, 0.25) is 0 Å². The van der Waals surface area contributed by atoms with Gasteiger partial charge >= 0.3 is 0 Å². The molecule has 0 radical (unpaired) electrons. The summed E-state index contributed by atoms with van der Waals surface area (Å²) in [7, 11) is 2.00. The Morgan fingerprint density at radius 2 is 2.29 bits per heavy atom. The number of hydrogen-bond acceptors (Lipinski definition) is 3. The van der Waals surface area contributed by atoms with Gasteiger partial charge in [-0.25, -0.2) is 4.98 Å². The topological polar surface area (TPSA) is 39.1 Å². The predicted molar refractivity (Wildman–Crippen MR) is 83.3 cm³/mol. The molecule has 1 aromatic carbocycles. The van der Waals surface area contributed by atoms with Gasteiger partial charge in [0.15, 0.2) is 0 Å². The maximum Gasteiger partial charge on any atom is 0.110 e. The van der Waals surface area contributed by atoms with Gasteiger partial charge in [0.25, 0.3) is 0 Å². The SMILES string of the molecule is CCn1ccnc1CC(NC)C1OCCc2ccccc21. The van der Waals surface area contributed by atoms with Gasteiger partial charge in [-0.3, -0.25) is 0 Å². The van der Waals surface area contributed by atoms with Crippen LogP contribution in [0.25, 0.3) is 0 Å². The number of benzene rings is 1. The first-order valence-electron chi connectivity index (χ1n) is 7.70. The molecule has 2 aromatic rings. The van der Waals surface area contributed by atoms with Gasteiger partial charge in [-0.05, 0) is 31.5 Å². The van der Waals surface area contributed by atoms with Crippen LogP contribution in [0.1, 0.15) is 30.0 Å². The molecule has 1 aliphatic rings. The van der Waals surface area contributed by atoms with Crippen LogP contribution in [0.3, 0.4) is 0 Å². The van der Waals surface area contributed by atoms with Crippen molar-refractivity contribution in [1.29, 1.82) is 0 Å². The van der Waals surface area contributed by atoms with Crippen molar-refractivity contribution in [3.63, 3.8) is 0 Å². The van der Waals surface area contributed by atoms with Crippen molar-refractivity contribution in [3.8, 4) is 0 Å². The largest absolute Gasteiger partial charge is 0.372 e. The number of aromatic nitrogens is 2. The highest BCUT2D eigenvalue weighted by Gasteiger charge is 2.28. The van der Waals surface area contributed by atoms with Crippen molar-refractivity contribution >= 4 is 0 Å². The number of hydrogen-bond donors (Lipinski definition) is 1. The normalized spacial score (nSPS) is 19.2. The lowest BCUT2D eigenvalue weighted by atomic mass is 9.92. The highest BCUT2D eigenvalue weighted by Crippen LogP contribution is 2.30. The molecule has 21 heavy (non-hydrogen) atoms. The number of rotatable bonds is 5. The zero-order valence-electron chi connectivity index (χ0n) is 12.7. The van der Waals surface area contributed by atoms with E-state index in [1.165, 1.54) is 11.1 Å². The van der Waals surface area contributed by atoms with Crippen LogP contribution in [0, 0.1) is 0 Å². The summed E-state index contributed by atoms with van der Waals surface area (Å²) >= 11 is 0. The van der Waals surface area contributed by atoms with E-state index in [1.807, 2.05) is 19.4 Å². The summed E-state index contributed by atoms with van der Waals surface area (Å²) in [6.45, 7) is 3.89. The van der Waals surface area contributed by atoms with Crippen LogP contribution < -0.4 is 5.32 Å². The summed E-state index contributed by atoms with van der Waals surface area (Å²) in [6.07, 6.45) is 5.89. The first kappa shape index (κ1) is 14.3. The fourth-order valence-corrected chi connectivity index (χ4v) is 3.13. The molecule has 1 N–H and O–H groups in total. The molecule has 0 aliphatic carbocycles. The third kappa shape index (κ3) is 2.87. The van der Waals surface area contributed by atoms with E-state index in [2.05, 4.69) is 46.1 Å². The van der Waals surface area contributed by atoms with E-state index in [1.54, 1.807) is 0 Å². The Hall–Kier alpha value is -1.65. The Morgan fingerprint density at radius 3 is 3.10 bits per heavy atom. The molecule has 4 nitrogen and oxygen atoms in total. The molecule has 112 valence electrons. The molecule has 0 amide bonds. The molecule has 3 rings (SSSR count). The summed E-state index contributed by atoms with van der Waals surface area (Å²) in [6, 6.07) is 8.85. The third-order valence-electron chi connectivity index (χ3n) is 4.31. The first-order valence-corrected chi connectivity index (χ1v) is 7.70. The van der Waals surface area contributed by atoms with Crippen molar-refractivity contribution in [2.24, 2.45) is 0 Å². The Labute approximate surface area is 126 Å². The van der Waals surface area contributed by atoms with E-state index in [4.69, 9.17) is 4.74 Å². The summed E-state index contributed by atoms with van der Waals surface area (Å²) in [5.74, 6) is 1.11. The molecule has 0 bridgehead atoms. The minimum Gasteiger partial charge on any atom is -0.372 e. The lowest BCUT2D eigenvalue weighted by Crippen LogP contribution is -2.38. The van der Waals surface area contributed by atoms with Crippen molar-refractivity contribution in [3.05, 3.63) is 53.6 Å². The van der Waals surface area contributed by atoms with Crippen LogP contribution in [0.2, 0.25) is 0 Å². The Morgan fingerprint density at radius 1 is 1.43 bits per heavy atom. The van der Waals surface area contributed by atoms with Gasteiger partial charge in [0.05, 0.1) is 12.7 Å². The minimum atomic E-state index is 0.0990. The molecule has 1 aliphatic heterocycles. The van der Waals surface area contributed by atoms with Crippen LogP contribution in [-0.2, 0) is 24.1 Å². The van der Waals surface area contributed by atoms with Gasteiger partial charge in [-0.2, -0.15) is 0 Å². The van der Waals surface area contributed by atoms with Crippen LogP contribution in [0.4, 0.5) is 0 Å². The Kier molecular flexibility index (Phi) is 4.36. The second-order valence-electron chi connectivity index (χ2n) is 5.47. The summed E-state index contributed by atoms with van der Waals surface area (Å²) in [4.78, 5) is 4.49. The molecule has 1 aromatic heterocycles. The smallest absolute Gasteiger partial charge is 0.110 e. The maximum absolute atomic E-state index is 6.08. The number of likely N-dealkylation sites (N-methyl/N-ethyl adjacent to an activating group) is 1. The molecule has 2 heterocycles. The minimum absolute atomic E-state index is 0.0990. The van der Waals surface area contributed by atoms with Gasteiger partial charge in [-0.1, -0.05) is 24.3 Å². The highest BCUT2D eigenvalue weighted by atomic mass is 16.5. The quantitative estimate of drug-likeness (QED) is 0.916. The predicted octanol–water partition coefficient (Wildman–Crippen LogP) is 2.35. The second-order valence-corrected chi connectivity index (χ2v) is 5.47. The standard InChI is InChI=1S/C17H23N3O/c1-3-20-10-9-19-16(20)12-15(18-2)17-14-7-5-4-6-13(14)8-11-21-17/h4-7,9-10,15,17-18H,3,8,11-12H2,1-2H3. The van der Waals surface area contributed by atoms with Crippen molar-refractivity contribution in [2.45, 2.75) is 38.5 Å². The van der Waals surface area contributed by atoms with Gasteiger partial charge in [0, 0.05) is 31.4 Å². The van der Waals surface area contributed by atoms with Gasteiger partial charge < -0.3 is 14.6 Å². The number of imidazole rings is 1. The molecule has 0 saturated carbocycles. The number of ether oxygens (including phenoxy) is 1. The van der Waals surface area contributed by atoms with Crippen LogP contribution in [-0.4, -0.2) is 29.2 Å². The fourth-order valence-electron chi connectivity index (χ4n) is 3.13. The number of fused-ring (bicyclic) bond motifs is 1. The average Bonchev–Trinajstić information content (AvgIpc) is 2.99. The lowest BCUT2D eigenvalue weighted by Gasteiger charge is -2.32. The lowest BCUT2D eigenvalue weighted by molar-refractivity contribution is 0.0166. The highest BCUT2D eigenvalue weighted by molar-refractivity contribution is 5.32. The zero-order valence-corrected chi connectivity index (χ0v) is 12.7. The molecule has 0 spiro atoms. The maximum atomic E-state index is 6.08. The van der Waals surface area contributed by atoms with E-state index in [9.17, 15) is 0 Å². The van der Waals surface area contributed by atoms with Crippen LogP contribution >= 0.6 is 0 Å². The second kappa shape index (κ2) is 6.41. The van der Waals surface area contributed by atoms with Crippen molar-refractivity contribution < 1.29 is 4.74 Å². The zero-order chi connectivity index (χ0) is 14.7. The number of nitrogens with zero attached hydrogens (tertiary/aromatic N) is 2.